The Bertz CT molecular complexity index is 199. The summed E-state index contributed by atoms with van der Waals surface area (Å²) in [6.07, 6.45) is 1.74. The molecule has 2 rings (SSSR count). The van der Waals surface area contributed by atoms with Gasteiger partial charge < -0.3 is 4.90 Å². The maximum atomic E-state index is 13.6. The minimum Gasteiger partial charge on any atom is -0.330 e. The summed E-state index contributed by atoms with van der Waals surface area (Å²) in [5.74, 6) is 1.38. The zero-order chi connectivity index (χ0) is 8.60. The second-order valence-corrected chi connectivity index (χ2v) is 4.50. The number of hydrogen-bond acceptors (Lipinski definition) is 2. The van der Waals surface area contributed by atoms with Crippen LogP contribution in [0.3, 0.4) is 0 Å². The SMILES string of the molecule is O=C(N1CCSC1)C1(F)CCC1. The lowest BCUT2D eigenvalue weighted by atomic mass is 9.81. The van der Waals surface area contributed by atoms with Crippen LogP contribution in [0.2, 0.25) is 0 Å². The van der Waals surface area contributed by atoms with Gasteiger partial charge in [0.1, 0.15) is 0 Å². The zero-order valence-corrected chi connectivity index (χ0v) is 7.70. The van der Waals surface area contributed by atoms with E-state index in [0.29, 0.717) is 18.7 Å². The van der Waals surface area contributed by atoms with Crippen molar-refractivity contribution >= 4 is 17.7 Å². The molecule has 1 heterocycles. The number of hydrogen-bond donors (Lipinski definition) is 0. The molecule has 0 radical (unpaired) electrons. The molecule has 2 aliphatic rings. The maximum absolute atomic E-state index is 13.6. The van der Waals surface area contributed by atoms with E-state index in [1.807, 2.05) is 0 Å². The number of rotatable bonds is 1. The summed E-state index contributed by atoms with van der Waals surface area (Å²) in [4.78, 5) is 13.1. The molecule has 2 fully saturated rings. The highest BCUT2D eigenvalue weighted by molar-refractivity contribution is 7.99. The van der Waals surface area contributed by atoms with Crippen LogP contribution in [0.4, 0.5) is 4.39 Å². The molecule has 1 aliphatic heterocycles. The third-order valence-electron chi connectivity index (χ3n) is 2.57. The predicted molar refractivity (Wildman–Crippen MR) is 46.7 cm³/mol. The fraction of sp³-hybridized carbons (Fsp3) is 0.875. The van der Waals surface area contributed by atoms with Crippen LogP contribution in [0, 0.1) is 0 Å². The van der Waals surface area contributed by atoms with Gasteiger partial charge >= 0.3 is 0 Å². The Morgan fingerprint density at radius 1 is 1.50 bits per heavy atom. The van der Waals surface area contributed by atoms with E-state index in [1.54, 1.807) is 16.7 Å². The monoisotopic (exact) mass is 189 g/mol. The lowest BCUT2D eigenvalue weighted by Crippen LogP contribution is -2.49. The van der Waals surface area contributed by atoms with Crippen LogP contribution >= 0.6 is 11.8 Å². The molecule has 68 valence electrons. The summed E-state index contributed by atoms with van der Waals surface area (Å²) in [5, 5.41) is 0. The number of carbonyl (C=O) groups excluding carboxylic acids is 1. The average Bonchev–Trinajstić information content (AvgIpc) is 2.50. The fourth-order valence-corrected chi connectivity index (χ4v) is 2.50. The molecule has 1 saturated carbocycles. The van der Waals surface area contributed by atoms with Crippen LogP contribution in [-0.2, 0) is 4.79 Å². The molecule has 12 heavy (non-hydrogen) atoms. The molecule has 0 aromatic rings. The van der Waals surface area contributed by atoms with Crippen molar-refractivity contribution in [1.29, 1.82) is 0 Å². The Morgan fingerprint density at radius 3 is 2.67 bits per heavy atom. The van der Waals surface area contributed by atoms with Crippen molar-refractivity contribution < 1.29 is 9.18 Å². The minimum absolute atomic E-state index is 0.265. The Morgan fingerprint density at radius 2 is 2.25 bits per heavy atom. The molecule has 1 amide bonds. The highest BCUT2D eigenvalue weighted by atomic mass is 32.2. The van der Waals surface area contributed by atoms with Gasteiger partial charge in [-0.05, 0) is 19.3 Å². The normalized spacial score (nSPS) is 26.9. The van der Waals surface area contributed by atoms with E-state index in [4.69, 9.17) is 0 Å². The van der Waals surface area contributed by atoms with Gasteiger partial charge in [0.2, 0.25) is 0 Å². The number of alkyl halides is 1. The fourth-order valence-electron chi connectivity index (χ4n) is 1.56. The summed E-state index contributed by atoms with van der Waals surface area (Å²) >= 11 is 1.70. The lowest BCUT2D eigenvalue weighted by Gasteiger charge is -2.35. The molecule has 0 bridgehead atoms. The van der Waals surface area contributed by atoms with E-state index >= 15 is 0 Å². The first-order valence-corrected chi connectivity index (χ1v) is 5.44. The van der Waals surface area contributed by atoms with Crippen molar-refractivity contribution in [1.82, 2.24) is 4.90 Å². The summed E-state index contributed by atoms with van der Waals surface area (Å²) in [6.45, 7) is 0.731. The van der Waals surface area contributed by atoms with E-state index in [-0.39, 0.29) is 5.91 Å². The van der Waals surface area contributed by atoms with Crippen LogP contribution in [-0.4, -0.2) is 34.7 Å². The van der Waals surface area contributed by atoms with Crippen LogP contribution in [0.1, 0.15) is 19.3 Å². The molecular formula is C8H12FNOS. The summed E-state index contributed by atoms with van der Waals surface area (Å²) in [6, 6.07) is 0. The van der Waals surface area contributed by atoms with E-state index < -0.39 is 5.67 Å². The minimum atomic E-state index is -1.48. The topological polar surface area (TPSA) is 20.3 Å². The summed E-state index contributed by atoms with van der Waals surface area (Å²) in [5.41, 5.74) is -1.48. The number of carbonyl (C=O) groups is 1. The second kappa shape index (κ2) is 2.91. The number of nitrogens with zero attached hydrogens (tertiary/aromatic N) is 1. The van der Waals surface area contributed by atoms with Gasteiger partial charge in [0.15, 0.2) is 5.67 Å². The third-order valence-corrected chi connectivity index (χ3v) is 3.53. The summed E-state index contributed by atoms with van der Waals surface area (Å²) < 4.78 is 13.6. The van der Waals surface area contributed by atoms with E-state index in [0.717, 1.165) is 18.7 Å². The van der Waals surface area contributed by atoms with Gasteiger partial charge in [0, 0.05) is 12.3 Å². The second-order valence-electron chi connectivity index (χ2n) is 3.42. The van der Waals surface area contributed by atoms with Crippen molar-refractivity contribution in [2.24, 2.45) is 0 Å². The van der Waals surface area contributed by atoms with Gasteiger partial charge in [-0.25, -0.2) is 4.39 Å². The molecule has 0 unspecified atom stereocenters. The number of halogens is 1. The molecular weight excluding hydrogens is 177 g/mol. The molecule has 0 atom stereocenters. The third kappa shape index (κ3) is 1.22. The van der Waals surface area contributed by atoms with Crippen molar-refractivity contribution in [3.63, 3.8) is 0 Å². The molecule has 0 aromatic heterocycles. The van der Waals surface area contributed by atoms with Gasteiger partial charge in [-0.15, -0.1) is 11.8 Å². The van der Waals surface area contributed by atoms with Crippen molar-refractivity contribution in [3.05, 3.63) is 0 Å². The van der Waals surface area contributed by atoms with Crippen LogP contribution in [0.25, 0.3) is 0 Å². The van der Waals surface area contributed by atoms with Crippen molar-refractivity contribution in [2.75, 3.05) is 18.2 Å². The lowest BCUT2D eigenvalue weighted by molar-refractivity contribution is -0.148. The van der Waals surface area contributed by atoms with Gasteiger partial charge in [0.05, 0.1) is 5.88 Å². The Hall–Kier alpha value is -0.250. The molecule has 2 nitrogen and oxygen atoms in total. The number of thioether (sulfide) groups is 1. The van der Waals surface area contributed by atoms with Gasteiger partial charge in [-0.1, -0.05) is 0 Å². The molecule has 0 N–H and O–H groups in total. The van der Waals surface area contributed by atoms with Gasteiger partial charge in [0.25, 0.3) is 5.91 Å². The van der Waals surface area contributed by atoms with Crippen molar-refractivity contribution in [2.45, 2.75) is 24.9 Å². The van der Waals surface area contributed by atoms with Gasteiger partial charge in [-0.2, -0.15) is 0 Å². The zero-order valence-electron chi connectivity index (χ0n) is 6.88. The van der Waals surface area contributed by atoms with E-state index in [9.17, 15) is 9.18 Å². The van der Waals surface area contributed by atoms with E-state index in [2.05, 4.69) is 0 Å². The van der Waals surface area contributed by atoms with Gasteiger partial charge in [-0.3, -0.25) is 4.79 Å². The number of amides is 1. The smallest absolute Gasteiger partial charge is 0.260 e. The molecule has 1 aliphatic carbocycles. The first-order chi connectivity index (χ1) is 5.72. The highest BCUT2D eigenvalue weighted by Crippen LogP contribution is 2.38. The molecule has 0 aromatic carbocycles. The highest BCUT2D eigenvalue weighted by Gasteiger charge is 2.47. The predicted octanol–water partition coefficient (Wildman–Crippen LogP) is 1.41. The van der Waals surface area contributed by atoms with E-state index in [1.165, 1.54) is 0 Å². The van der Waals surface area contributed by atoms with Crippen LogP contribution < -0.4 is 0 Å². The first-order valence-electron chi connectivity index (χ1n) is 4.28. The quantitative estimate of drug-likeness (QED) is 0.621. The van der Waals surface area contributed by atoms with Crippen LogP contribution in [0.5, 0.6) is 0 Å². The Labute approximate surface area is 75.5 Å². The molecule has 0 spiro atoms. The largest absolute Gasteiger partial charge is 0.330 e. The maximum Gasteiger partial charge on any atom is 0.260 e. The van der Waals surface area contributed by atoms with Crippen molar-refractivity contribution in [3.8, 4) is 0 Å². The Balaban J connectivity index is 1.98. The van der Waals surface area contributed by atoms with Crippen LogP contribution in [0.15, 0.2) is 0 Å². The summed E-state index contributed by atoms with van der Waals surface area (Å²) in [7, 11) is 0. The Kier molecular flexibility index (Phi) is 2.02. The first kappa shape index (κ1) is 8.35. The average molecular weight is 189 g/mol. The molecule has 4 heteroatoms. The molecule has 1 saturated heterocycles. The standard InChI is InChI=1S/C8H12FNOS/c9-8(2-1-3-8)7(11)10-4-5-12-6-10/h1-6H2.